The summed E-state index contributed by atoms with van der Waals surface area (Å²) < 4.78 is 29.2. The van der Waals surface area contributed by atoms with E-state index in [4.69, 9.17) is 0 Å². The number of halogens is 3. The van der Waals surface area contributed by atoms with E-state index in [9.17, 15) is 18.7 Å². The lowest BCUT2D eigenvalue weighted by atomic mass is 10.1. The number of hydrogen-bond acceptors (Lipinski definition) is 4. The Kier molecular flexibility index (Phi) is 4.17. The van der Waals surface area contributed by atoms with E-state index >= 15 is 0 Å². The predicted molar refractivity (Wildman–Crippen MR) is 54.8 cm³/mol. The first-order valence-electron chi connectivity index (χ1n) is 4.16. The van der Waals surface area contributed by atoms with Crippen LogP contribution >= 0.6 is 15.9 Å². The van der Waals surface area contributed by atoms with Gasteiger partial charge in [0.15, 0.2) is 0 Å². The maximum absolute atomic E-state index is 12.4. The molecule has 88 valence electrons. The second-order valence-corrected chi connectivity index (χ2v) is 3.37. The molecule has 0 amide bonds. The van der Waals surface area contributed by atoms with Gasteiger partial charge in [0.05, 0.1) is 18.4 Å². The van der Waals surface area contributed by atoms with E-state index in [1.165, 1.54) is 0 Å². The highest BCUT2D eigenvalue weighted by atomic mass is 79.9. The molecule has 0 unspecified atom stereocenters. The zero-order valence-corrected chi connectivity index (χ0v) is 9.79. The summed E-state index contributed by atoms with van der Waals surface area (Å²) in [6.07, 6.45) is -2.90. The van der Waals surface area contributed by atoms with Crippen molar-refractivity contribution in [3.63, 3.8) is 0 Å². The number of aromatic hydroxyl groups is 1. The minimum absolute atomic E-state index is 0.0405. The molecule has 0 radical (unpaired) electrons. The molecular formula is C9H8BrF2NO3. The number of aromatic nitrogens is 1. The van der Waals surface area contributed by atoms with Crippen molar-refractivity contribution in [2.75, 3.05) is 7.11 Å². The van der Waals surface area contributed by atoms with E-state index < -0.39 is 23.8 Å². The van der Waals surface area contributed by atoms with Gasteiger partial charge < -0.3 is 9.84 Å². The summed E-state index contributed by atoms with van der Waals surface area (Å²) in [5, 5.41) is 9.37. The van der Waals surface area contributed by atoms with E-state index in [2.05, 4.69) is 25.7 Å². The van der Waals surface area contributed by atoms with E-state index in [1.54, 1.807) is 0 Å². The van der Waals surface area contributed by atoms with Crippen LogP contribution in [0, 0.1) is 0 Å². The van der Waals surface area contributed by atoms with Crippen molar-refractivity contribution in [2.45, 2.75) is 11.8 Å². The molecule has 0 saturated carbocycles. The van der Waals surface area contributed by atoms with Gasteiger partial charge in [-0.2, -0.15) is 0 Å². The second-order valence-electron chi connectivity index (χ2n) is 2.81. The van der Waals surface area contributed by atoms with Gasteiger partial charge in [0.25, 0.3) is 6.43 Å². The monoisotopic (exact) mass is 295 g/mol. The summed E-state index contributed by atoms with van der Waals surface area (Å²) in [4.78, 5) is 14.8. The second kappa shape index (κ2) is 5.20. The molecule has 1 aromatic rings. The molecule has 4 nitrogen and oxygen atoms in total. The summed E-state index contributed by atoms with van der Waals surface area (Å²) >= 11 is 3.02. The van der Waals surface area contributed by atoms with Crippen molar-refractivity contribution in [1.82, 2.24) is 4.98 Å². The highest BCUT2D eigenvalue weighted by Crippen LogP contribution is 2.29. The minimum Gasteiger partial charge on any atom is -0.506 e. The topological polar surface area (TPSA) is 59.4 Å². The van der Waals surface area contributed by atoms with Crippen molar-refractivity contribution < 1.29 is 23.4 Å². The largest absolute Gasteiger partial charge is 0.506 e. The van der Waals surface area contributed by atoms with Crippen LogP contribution in [0.5, 0.6) is 5.75 Å². The van der Waals surface area contributed by atoms with Gasteiger partial charge >= 0.3 is 5.97 Å². The van der Waals surface area contributed by atoms with Gasteiger partial charge in [-0.05, 0) is 6.07 Å². The molecule has 1 heterocycles. The van der Waals surface area contributed by atoms with E-state index in [0.29, 0.717) is 0 Å². The molecule has 0 fully saturated rings. The van der Waals surface area contributed by atoms with Crippen LogP contribution in [0.3, 0.4) is 0 Å². The Bertz CT molecular complexity index is 412. The van der Waals surface area contributed by atoms with Crippen molar-refractivity contribution in [1.29, 1.82) is 0 Å². The molecule has 0 aliphatic heterocycles. The molecule has 0 aliphatic rings. The van der Waals surface area contributed by atoms with Gasteiger partial charge in [-0.1, -0.05) is 15.9 Å². The molecule has 7 heteroatoms. The van der Waals surface area contributed by atoms with Crippen LogP contribution in [0.25, 0.3) is 0 Å². The van der Waals surface area contributed by atoms with Gasteiger partial charge in [-0.15, -0.1) is 0 Å². The van der Waals surface area contributed by atoms with Gasteiger partial charge in [0.1, 0.15) is 11.4 Å². The molecule has 0 atom stereocenters. The third kappa shape index (κ3) is 2.46. The number of alkyl halides is 3. The summed E-state index contributed by atoms with van der Waals surface area (Å²) in [6.45, 7) is 0. The molecular weight excluding hydrogens is 288 g/mol. The number of carbonyl (C=O) groups is 1. The first-order valence-corrected chi connectivity index (χ1v) is 5.28. The summed E-state index contributed by atoms with van der Waals surface area (Å²) in [7, 11) is 1.15. The smallest absolute Gasteiger partial charge is 0.339 e. The standard InChI is InChI=1S/C9H8BrF2NO3/c1-16-9(15)4-2-6(14)7(8(11)12)13-5(4)3-10/h2,8,14H,3H2,1H3. The molecule has 0 bridgehead atoms. The fourth-order valence-corrected chi connectivity index (χ4v) is 1.53. The molecule has 0 spiro atoms. The van der Waals surface area contributed by atoms with Crippen molar-refractivity contribution in [2.24, 2.45) is 0 Å². The van der Waals surface area contributed by atoms with Crippen LogP contribution in [0.15, 0.2) is 6.07 Å². The van der Waals surface area contributed by atoms with Crippen LogP contribution in [0.1, 0.15) is 28.2 Å². The Hall–Kier alpha value is -1.24. The Balaban J connectivity index is 3.32. The van der Waals surface area contributed by atoms with Crippen LogP contribution in [0.2, 0.25) is 0 Å². The molecule has 1 N–H and O–H groups in total. The number of hydrogen-bond donors (Lipinski definition) is 1. The molecule has 0 aliphatic carbocycles. The van der Waals surface area contributed by atoms with E-state index in [-0.39, 0.29) is 16.6 Å². The van der Waals surface area contributed by atoms with E-state index in [1.807, 2.05) is 0 Å². The maximum Gasteiger partial charge on any atom is 0.339 e. The highest BCUT2D eigenvalue weighted by Gasteiger charge is 2.21. The molecule has 16 heavy (non-hydrogen) atoms. The zero-order valence-electron chi connectivity index (χ0n) is 8.21. The molecule has 0 saturated heterocycles. The quantitative estimate of drug-likeness (QED) is 0.687. The third-order valence-electron chi connectivity index (χ3n) is 1.85. The van der Waals surface area contributed by atoms with Gasteiger partial charge in [0.2, 0.25) is 0 Å². The number of nitrogens with zero attached hydrogens (tertiary/aromatic N) is 1. The lowest BCUT2D eigenvalue weighted by molar-refractivity contribution is 0.0597. The molecule has 1 rings (SSSR count). The van der Waals surface area contributed by atoms with Crippen molar-refractivity contribution in [3.05, 3.63) is 23.0 Å². The Morgan fingerprint density at radius 3 is 2.75 bits per heavy atom. The maximum atomic E-state index is 12.4. The van der Waals surface area contributed by atoms with E-state index in [0.717, 1.165) is 13.2 Å². The summed E-state index contributed by atoms with van der Waals surface area (Å²) in [6, 6.07) is 0.927. The number of carbonyl (C=O) groups excluding carboxylic acids is 1. The number of methoxy groups -OCH3 is 1. The normalized spacial score (nSPS) is 10.6. The third-order valence-corrected chi connectivity index (χ3v) is 2.38. The first-order chi connectivity index (χ1) is 7.51. The zero-order chi connectivity index (χ0) is 12.3. The predicted octanol–water partition coefficient (Wildman–Crippen LogP) is 2.41. The van der Waals surface area contributed by atoms with Gasteiger partial charge in [0, 0.05) is 5.33 Å². The Labute approximate surface area is 98.4 Å². The van der Waals surface area contributed by atoms with Crippen LogP contribution in [-0.2, 0) is 10.1 Å². The van der Waals surface area contributed by atoms with Crippen LogP contribution in [-0.4, -0.2) is 23.2 Å². The van der Waals surface area contributed by atoms with Crippen molar-refractivity contribution in [3.8, 4) is 5.75 Å². The average molecular weight is 296 g/mol. The highest BCUT2D eigenvalue weighted by molar-refractivity contribution is 9.08. The fraction of sp³-hybridized carbons (Fsp3) is 0.333. The van der Waals surface area contributed by atoms with Gasteiger partial charge in [-0.3, -0.25) is 0 Å². The fourth-order valence-electron chi connectivity index (χ4n) is 1.11. The number of ether oxygens (including phenoxy) is 1. The van der Waals surface area contributed by atoms with Gasteiger partial charge in [-0.25, -0.2) is 18.6 Å². The minimum atomic E-state index is -2.90. The Morgan fingerprint density at radius 2 is 2.31 bits per heavy atom. The molecule has 1 aromatic heterocycles. The number of esters is 1. The lowest BCUT2D eigenvalue weighted by Gasteiger charge is -2.09. The number of pyridine rings is 1. The SMILES string of the molecule is COC(=O)c1cc(O)c(C(F)F)nc1CBr. The lowest BCUT2D eigenvalue weighted by Crippen LogP contribution is -2.08. The Morgan fingerprint density at radius 1 is 1.69 bits per heavy atom. The van der Waals surface area contributed by atoms with Crippen LogP contribution < -0.4 is 0 Å². The molecule has 0 aromatic carbocycles. The summed E-state index contributed by atoms with van der Waals surface area (Å²) in [5.74, 6) is -1.46. The van der Waals surface area contributed by atoms with Crippen molar-refractivity contribution >= 4 is 21.9 Å². The average Bonchev–Trinajstić information content (AvgIpc) is 2.27. The first kappa shape index (κ1) is 12.8. The van der Waals surface area contributed by atoms with Crippen LogP contribution in [0.4, 0.5) is 8.78 Å². The summed E-state index contributed by atoms with van der Waals surface area (Å²) in [5.41, 5.74) is -0.691. The number of rotatable bonds is 3.